The van der Waals surface area contributed by atoms with E-state index in [0.29, 0.717) is 17.9 Å². The van der Waals surface area contributed by atoms with Crippen molar-refractivity contribution >= 4 is 34.5 Å². The number of hydrogen-bond acceptors (Lipinski definition) is 5. The SMILES string of the molecule is Cc1ccc(N2C(=O)C(=O)/C(=C(\O)c3ccc4c(c3)CCO4)C2c2cccs2)cc1. The minimum Gasteiger partial charge on any atom is -0.507 e. The van der Waals surface area contributed by atoms with Crippen LogP contribution in [-0.2, 0) is 16.0 Å². The number of hydrogen-bond donors (Lipinski definition) is 1. The van der Waals surface area contributed by atoms with Gasteiger partial charge in [0.1, 0.15) is 17.6 Å². The molecular formula is C24H19NO4S. The smallest absolute Gasteiger partial charge is 0.300 e. The fraction of sp³-hybridized carbons (Fsp3) is 0.167. The van der Waals surface area contributed by atoms with Crippen molar-refractivity contribution in [2.45, 2.75) is 19.4 Å². The molecule has 0 radical (unpaired) electrons. The molecule has 6 heteroatoms. The van der Waals surface area contributed by atoms with Crippen molar-refractivity contribution in [2.75, 3.05) is 11.5 Å². The number of ether oxygens (including phenoxy) is 1. The molecule has 1 aromatic heterocycles. The topological polar surface area (TPSA) is 66.8 Å². The second kappa shape index (κ2) is 7.15. The standard InChI is InChI=1S/C24H19NO4S/c1-14-4-7-17(8-5-14)25-21(19-3-2-12-30-19)20(23(27)24(25)28)22(26)16-6-9-18-15(13-16)10-11-29-18/h2-9,12-13,21,26H,10-11H2,1H3/b22-20-. The zero-order chi connectivity index (χ0) is 20.8. The Morgan fingerprint density at radius 3 is 2.67 bits per heavy atom. The van der Waals surface area contributed by atoms with Crippen molar-refractivity contribution in [3.8, 4) is 5.75 Å². The second-order valence-electron chi connectivity index (χ2n) is 7.44. The number of rotatable bonds is 3. The van der Waals surface area contributed by atoms with E-state index in [2.05, 4.69) is 0 Å². The summed E-state index contributed by atoms with van der Waals surface area (Å²) in [6.07, 6.45) is 0.752. The van der Waals surface area contributed by atoms with E-state index in [1.807, 2.05) is 54.8 Å². The first kappa shape index (κ1) is 18.6. The van der Waals surface area contributed by atoms with Crippen LogP contribution in [0.25, 0.3) is 5.76 Å². The number of fused-ring (bicyclic) bond motifs is 1. The number of carbonyl (C=O) groups is 2. The van der Waals surface area contributed by atoms with Gasteiger partial charge in [-0.1, -0.05) is 23.8 Å². The minimum atomic E-state index is -0.678. The normalized spacial score (nSPS) is 19.8. The van der Waals surface area contributed by atoms with Gasteiger partial charge < -0.3 is 9.84 Å². The lowest BCUT2D eigenvalue weighted by molar-refractivity contribution is -0.132. The Hall–Kier alpha value is -3.38. The summed E-state index contributed by atoms with van der Waals surface area (Å²) in [6.45, 7) is 2.57. The second-order valence-corrected chi connectivity index (χ2v) is 8.42. The van der Waals surface area contributed by atoms with Crippen LogP contribution in [0, 0.1) is 6.92 Å². The molecule has 2 aromatic carbocycles. The van der Waals surface area contributed by atoms with E-state index >= 15 is 0 Å². The number of anilines is 1. The predicted molar refractivity (Wildman–Crippen MR) is 116 cm³/mol. The van der Waals surface area contributed by atoms with E-state index in [0.717, 1.165) is 28.2 Å². The van der Waals surface area contributed by atoms with Gasteiger partial charge in [-0.3, -0.25) is 14.5 Å². The van der Waals surface area contributed by atoms with E-state index in [1.165, 1.54) is 16.2 Å². The molecule has 150 valence electrons. The average Bonchev–Trinajstić information content (AvgIpc) is 3.48. The van der Waals surface area contributed by atoms with Crippen LogP contribution in [-0.4, -0.2) is 23.4 Å². The van der Waals surface area contributed by atoms with Crippen LogP contribution in [0.1, 0.15) is 27.6 Å². The van der Waals surface area contributed by atoms with Gasteiger partial charge in [-0.15, -0.1) is 11.3 Å². The molecular weight excluding hydrogens is 398 g/mol. The molecule has 1 atom stereocenters. The number of nitrogens with zero attached hydrogens (tertiary/aromatic N) is 1. The highest BCUT2D eigenvalue weighted by Crippen LogP contribution is 2.44. The van der Waals surface area contributed by atoms with Crippen molar-refractivity contribution in [1.29, 1.82) is 0 Å². The Morgan fingerprint density at radius 2 is 1.93 bits per heavy atom. The molecule has 0 aliphatic carbocycles. The van der Waals surface area contributed by atoms with Crippen LogP contribution >= 0.6 is 11.3 Å². The van der Waals surface area contributed by atoms with Crippen molar-refractivity contribution in [3.63, 3.8) is 0 Å². The van der Waals surface area contributed by atoms with Crippen LogP contribution in [0.4, 0.5) is 5.69 Å². The third-order valence-corrected chi connectivity index (χ3v) is 6.46. The number of aliphatic hydroxyl groups is 1. The first-order valence-corrected chi connectivity index (χ1v) is 10.6. The van der Waals surface area contributed by atoms with Crippen molar-refractivity contribution in [1.82, 2.24) is 0 Å². The number of amides is 1. The van der Waals surface area contributed by atoms with Crippen molar-refractivity contribution < 1.29 is 19.4 Å². The first-order chi connectivity index (χ1) is 14.5. The molecule has 5 rings (SSSR count). The van der Waals surface area contributed by atoms with Crippen LogP contribution in [0.3, 0.4) is 0 Å². The lowest BCUT2D eigenvalue weighted by atomic mass is 9.98. The highest BCUT2D eigenvalue weighted by atomic mass is 32.1. The summed E-state index contributed by atoms with van der Waals surface area (Å²) in [6, 6.07) is 15.9. The van der Waals surface area contributed by atoms with E-state index < -0.39 is 17.7 Å². The summed E-state index contributed by atoms with van der Waals surface area (Å²) in [5.41, 5.74) is 3.30. The first-order valence-electron chi connectivity index (χ1n) is 9.72. The van der Waals surface area contributed by atoms with Gasteiger partial charge in [0.15, 0.2) is 0 Å². The molecule has 1 unspecified atom stereocenters. The number of aryl methyl sites for hydroxylation is 1. The third-order valence-electron chi connectivity index (χ3n) is 5.53. The lowest BCUT2D eigenvalue weighted by Gasteiger charge is -2.24. The number of thiophene rings is 1. The van der Waals surface area contributed by atoms with Crippen LogP contribution in [0.2, 0.25) is 0 Å². The summed E-state index contributed by atoms with van der Waals surface area (Å²) in [4.78, 5) is 28.4. The Kier molecular flexibility index (Phi) is 4.44. The Morgan fingerprint density at radius 1 is 1.13 bits per heavy atom. The fourth-order valence-corrected chi connectivity index (χ4v) is 4.83. The number of aliphatic hydroxyl groups excluding tert-OH is 1. The molecule has 1 fully saturated rings. The largest absolute Gasteiger partial charge is 0.507 e. The summed E-state index contributed by atoms with van der Waals surface area (Å²) in [7, 11) is 0. The lowest BCUT2D eigenvalue weighted by Crippen LogP contribution is -2.29. The molecule has 1 N–H and O–H groups in total. The molecule has 1 amide bonds. The summed E-state index contributed by atoms with van der Waals surface area (Å²) in [5.74, 6) is -0.677. The Bertz CT molecular complexity index is 1180. The summed E-state index contributed by atoms with van der Waals surface area (Å²) in [5, 5.41) is 13.1. The van der Waals surface area contributed by atoms with E-state index in [1.54, 1.807) is 12.1 Å². The van der Waals surface area contributed by atoms with Gasteiger partial charge in [0.2, 0.25) is 0 Å². The molecule has 0 bridgehead atoms. The molecule has 30 heavy (non-hydrogen) atoms. The quantitative estimate of drug-likeness (QED) is 0.384. The maximum atomic E-state index is 13.1. The number of carbonyl (C=O) groups excluding carboxylic acids is 2. The Labute approximate surface area is 177 Å². The van der Waals surface area contributed by atoms with Crippen molar-refractivity contribution in [2.24, 2.45) is 0 Å². The van der Waals surface area contributed by atoms with Crippen LogP contribution < -0.4 is 9.64 Å². The molecule has 2 aliphatic heterocycles. The minimum absolute atomic E-state index is 0.113. The highest BCUT2D eigenvalue weighted by molar-refractivity contribution is 7.10. The Balaban J connectivity index is 1.68. The average molecular weight is 417 g/mol. The highest BCUT2D eigenvalue weighted by Gasteiger charge is 2.47. The van der Waals surface area contributed by atoms with Crippen LogP contribution in [0.15, 0.2) is 65.6 Å². The van der Waals surface area contributed by atoms with Gasteiger partial charge in [0.25, 0.3) is 11.7 Å². The molecule has 3 heterocycles. The summed E-state index contributed by atoms with van der Waals surface area (Å²) < 4.78 is 5.54. The van der Waals surface area contributed by atoms with Gasteiger partial charge >= 0.3 is 0 Å². The fourth-order valence-electron chi connectivity index (χ4n) is 4.01. The molecule has 2 aliphatic rings. The number of benzene rings is 2. The van der Waals surface area contributed by atoms with Gasteiger partial charge in [-0.2, -0.15) is 0 Å². The van der Waals surface area contributed by atoms with Gasteiger partial charge in [0, 0.05) is 22.5 Å². The van der Waals surface area contributed by atoms with Crippen molar-refractivity contribution in [3.05, 3.63) is 87.1 Å². The molecule has 1 saturated heterocycles. The van der Waals surface area contributed by atoms with E-state index in [4.69, 9.17) is 4.74 Å². The van der Waals surface area contributed by atoms with Gasteiger partial charge in [-0.25, -0.2) is 0 Å². The maximum Gasteiger partial charge on any atom is 0.300 e. The molecule has 0 spiro atoms. The van der Waals surface area contributed by atoms with Crippen LogP contribution in [0.5, 0.6) is 5.75 Å². The van der Waals surface area contributed by atoms with Gasteiger partial charge in [-0.05, 0) is 54.3 Å². The zero-order valence-corrected chi connectivity index (χ0v) is 17.1. The van der Waals surface area contributed by atoms with E-state index in [-0.39, 0.29) is 11.3 Å². The van der Waals surface area contributed by atoms with Gasteiger partial charge in [0.05, 0.1) is 12.2 Å². The zero-order valence-electron chi connectivity index (χ0n) is 16.3. The predicted octanol–water partition coefficient (Wildman–Crippen LogP) is 4.62. The molecule has 5 nitrogen and oxygen atoms in total. The summed E-state index contributed by atoms with van der Waals surface area (Å²) >= 11 is 1.45. The third kappa shape index (κ3) is 2.92. The number of Topliss-reactive ketones (excluding diaryl/α,β-unsaturated/α-hetero) is 1. The molecule has 3 aromatic rings. The molecule has 0 saturated carbocycles. The maximum absolute atomic E-state index is 13.1. The monoisotopic (exact) mass is 417 g/mol. The van der Waals surface area contributed by atoms with E-state index in [9.17, 15) is 14.7 Å². The number of ketones is 1.